The molecule has 1 N–H and O–H groups in total. The molecule has 0 atom stereocenters. The number of thioether (sulfide) groups is 1. The summed E-state index contributed by atoms with van der Waals surface area (Å²) in [4.78, 5) is 8.89. The van der Waals surface area contributed by atoms with Gasteiger partial charge in [-0.25, -0.2) is 0 Å². The predicted molar refractivity (Wildman–Crippen MR) is 82.5 cm³/mol. The first kappa shape index (κ1) is 12.9. The van der Waals surface area contributed by atoms with Gasteiger partial charge in [0.2, 0.25) is 5.16 Å². The summed E-state index contributed by atoms with van der Waals surface area (Å²) < 4.78 is 1.76. The Labute approximate surface area is 120 Å². The molecule has 3 rings (SSSR count). The molecule has 2 aromatic heterocycles. The van der Waals surface area contributed by atoms with Gasteiger partial charge in [0.1, 0.15) is 0 Å². The van der Waals surface area contributed by atoms with Crippen LogP contribution in [0.4, 0.5) is 5.82 Å². The largest absolute Gasteiger partial charge is 0.261 e. The first-order valence-electron chi connectivity index (χ1n) is 6.15. The number of hydrogen-bond acceptors (Lipinski definition) is 6. The molecular weight excluding hydrogens is 272 g/mol. The van der Waals surface area contributed by atoms with Crippen LogP contribution in [0.5, 0.6) is 0 Å². The van der Waals surface area contributed by atoms with Crippen LogP contribution in [0.25, 0.3) is 16.7 Å². The fourth-order valence-corrected chi connectivity index (χ4v) is 2.21. The Hall–Kier alpha value is -2.15. The number of para-hydroxylation sites is 1. The lowest BCUT2D eigenvalue weighted by molar-refractivity contribution is 0.911. The lowest BCUT2D eigenvalue weighted by Gasteiger charge is -2.06. The van der Waals surface area contributed by atoms with E-state index < -0.39 is 0 Å². The van der Waals surface area contributed by atoms with Crippen LogP contribution in [0.15, 0.2) is 34.5 Å². The number of aromatic nitrogens is 4. The van der Waals surface area contributed by atoms with Crippen LogP contribution in [-0.4, -0.2) is 31.5 Å². The van der Waals surface area contributed by atoms with Crippen molar-refractivity contribution in [2.24, 2.45) is 5.10 Å². The number of nitrogens with one attached hydrogen (secondary N) is 1. The Bertz CT molecular complexity index is 803. The van der Waals surface area contributed by atoms with Crippen LogP contribution in [0, 0.1) is 0 Å². The zero-order valence-electron chi connectivity index (χ0n) is 11.5. The van der Waals surface area contributed by atoms with E-state index in [2.05, 4.69) is 25.6 Å². The second kappa shape index (κ2) is 5.09. The van der Waals surface area contributed by atoms with Gasteiger partial charge in [-0.05, 0) is 32.2 Å². The van der Waals surface area contributed by atoms with Crippen molar-refractivity contribution < 1.29 is 0 Å². The van der Waals surface area contributed by atoms with Gasteiger partial charge in [-0.2, -0.15) is 19.6 Å². The average molecular weight is 286 g/mol. The van der Waals surface area contributed by atoms with E-state index in [-0.39, 0.29) is 0 Å². The smallest absolute Gasteiger partial charge is 0.255 e. The maximum atomic E-state index is 4.50. The predicted octanol–water partition coefficient (Wildman–Crippen LogP) is 2.81. The van der Waals surface area contributed by atoms with Crippen molar-refractivity contribution in [1.29, 1.82) is 0 Å². The number of nitrogens with zero attached hydrogens (tertiary/aromatic N) is 5. The molecule has 0 amide bonds. The summed E-state index contributed by atoms with van der Waals surface area (Å²) in [6.45, 7) is 3.85. The monoisotopic (exact) mass is 286 g/mol. The molecule has 0 radical (unpaired) electrons. The van der Waals surface area contributed by atoms with Crippen molar-refractivity contribution >= 4 is 40.0 Å². The Kier molecular flexibility index (Phi) is 3.27. The summed E-state index contributed by atoms with van der Waals surface area (Å²) in [5.74, 6) is 1.26. The third-order valence-corrected chi connectivity index (χ3v) is 3.28. The second-order valence-electron chi connectivity index (χ2n) is 4.46. The molecule has 0 aliphatic rings. The van der Waals surface area contributed by atoms with E-state index in [1.165, 1.54) is 11.8 Å². The van der Waals surface area contributed by atoms with Gasteiger partial charge in [0.25, 0.3) is 5.78 Å². The first-order valence-corrected chi connectivity index (χ1v) is 7.38. The zero-order valence-corrected chi connectivity index (χ0v) is 12.3. The molecule has 20 heavy (non-hydrogen) atoms. The Morgan fingerprint density at radius 1 is 1.25 bits per heavy atom. The van der Waals surface area contributed by atoms with Crippen LogP contribution in [0.2, 0.25) is 0 Å². The normalized spacial score (nSPS) is 10.9. The van der Waals surface area contributed by atoms with E-state index in [4.69, 9.17) is 0 Å². The summed E-state index contributed by atoms with van der Waals surface area (Å²) in [5, 5.41) is 10.3. The fraction of sp³-hybridized carbons (Fsp3) is 0.231. The number of benzene rings is 1. The van der Waals surface area contributed by atoms with Crippen molar-refractivity contribution in [3.8, 4) is 0 Å². The molecule has 1 aromatic carbocycles. The van der Waals surface area contributed by atoms with Crippen molar-refractivity contribution in [2.75, 3.05) is 11.7 Å². The van der Waals surface area contributed by atoms with E-state index in [0.717, 1.165) is 16.6 Å². The maximum Gasteiger partial charge on any atom is 0.255 e. The van der Waals surface area contributed by atoms with Crippen LogP contribution >= 0.6 is 11.8 Å². The number of fused-ring (bicyclic) bond motifs is 3. The van der Waals surface area contributed by atoms with Crippen LogP contribution < -0.4 is 5.43 Å². The van der Waals surface area contributed by atoms with Crippen molar-refractivity contribution in [3.63, 3.8) is 0 Å². The molecule has 0 aliphatic heterocycles. The summed E-state index contributed by atoms with van der Waals surface area (Å²) in [7, 11) is 0. The third kappa shape index (κ3) is 2.20. The summed E-state index contributed by atoms with van der Waals surface area (Å²) >= 11 is 1.50. The van der Waals surface area contributed by atoms with E-state index in [0.29, 0.717) is 16.8 Å². The van der Waals surface area contributed by atoms with Gasteiger partial charge in [0.15, 0.2) is 5.82 Å². The first-order chi connectivity index (χ1) is 9.69. The topological polar surface area (TPSA) is 67.5 Å². The molecule has 0 spiro atoms. The molecule has 102 valence electrons. The molecule has 0 fully saturated rings. The minimum absolute atomic E-state index is 0.569. The fourth-order valence-electron chi connectivity index (χ4n) is 1.87. The summed E-state index contributed by atoms with van der Waals surface area (Å²) in [6, 6.07) is 7.93. The highest BCUT2D eigenvalue weighted by Gasteiger charge is 2.11. The van der Waals surface area contributed by atoms with Gasteiger partial charge in [0.05, 0.1) is 5.52 Å². The highest BCUT2D eigenvalue weighted by molar-refractivity contribution is 7.98. The zero-order chi connectivity index (χ0) is 14.1. The molecule has 0 aliphatic carbocycles. The lowest BCUT2D eigenvalue weighted by Crippen LogP contribution is -2.01. The van der Waals surface area contributed by atoms with Crippen LogP contribution in [0.3, 0.4) is 0 Å². The van der Waals surface area contributed by atoms with E-state index in [9.17, 15) is 0 Å². The number of anilines is 1. The van der Waals surface area contributed by atoms with Gasteiger partial charge in [-0.3, -0.25) is 5.43 Å². The SMILES string of the molecule is CSc1nc2nc(NN=C(C)C)c3ccccc3n2n1. The molecule has 3 aromatic rings. The van der Waals surface area contributed by atoms with Crippen LogP contribution in [-0.2, 0) is 0 Å². The van der Waals surface area contributed by atoms with Gasteiger partial charge >= 0.3 is 0 Å². The summed E-state index contributed by atoms with van der Waals surface area (Å²) in [5.41, 5.74) is 4.88. The van der Waals surface area contributed by atoms with Crippen molar-refractivity contribution in [1.82, 2.24) is 19.6 Å². The standard InChI is InChI=1S/C13H14N6S/c1-8(2)16-17-11-9-6-4-5-7-10(9)19-12(14-11)15-13(18-19)20-3/h4-7H,1-3H3,(H,14,15,17,18). The van der Waals surface area contributed by atoms with Crippen molar-refractivity contribution in [2.45, 2.75) is 19.0 Å². The van der Waals surface area contributed by atoms with Crippen molar-refractivity contribution in [3.05, 3.63) is 24.3 Å². The Balaban J connectivity index is 2.29. The Morgan fingerprint density at radius 2 is 2.05 bits per heavy atom. The lowest BCUT2D eigenvalue weighted by atomic mass is 10.2. The molecule has 2 heterocycles. The van der Waals surface area contributed by atoms with E-state index >= 15 is 0 Å². The van der Waals surface area contributed by atoms with Gasteiger partial charge < -0.3 is 0 Å². The molecular formula is C13H14N6S. The second-order valence-corrected chi connectivity index (χ2v) is 5.23. The van der Waals surface area contributed by atoms with Crippen LogP contribution in [0.1, 0.15) is 13.8 Å². The highest BCUT2D eigenvalue weighted by atomic mass is 32.2. The highest BCUT2D eigenvalue weighted by Crippen LogP contribution is 2.23. The minimum Gasteiger partial charge on any atom is -0.261 e. The molecule has 0 saturated heterocycles. The number of hydrazone groups is 1. The quantitative estimate of drug-likeness (QED) is 0.455. The average Bonchev–Trinajstić information content (AvgIpc) is 2.88. The van der Waals surface area contributed by atoms with E-state index in [1.807, 2.05) is 44.4 Å². The molecule has 0 unspecified atom stereocenters. The molecule has 6 nitrogen and oxygen atoms in total. The van der Waals surface area contributed by atoms with Gasteiger partial charge in [-0.15, -0.1) is 5.10 Å². The number of hydrogen-bond donors (Lipinski definition) is 1. The molecule has 0 bridgehead atoms. The van der Waals surface area contributed by atoms with Gasteiger partial charge in [-0.1, -0.05) is 23.9 Å². The minimum atomic E-state index is 0.569. The van der Waals surface area contributed by atoms with Gasteiger partial charge in [0, 0.05) is 11.1 Å². The third-order valence-electron chi connectivity index (χ3n) is 2.74. The Morgan fingerprint density at radius 3 is 2.80 bits per heavy atom. The number of rotatable bonds is 3. The summed E-state index contributed by atoms with van der Waals surface area (Å²) in [6.07, 6.45) is 1.95. The molecule has 7 heteroatoms. The van der Waals surface area contributed by atoms with E-state index in [1.54, 1.807) is 4.52 Å². The maximum absolute atomic E-state index is 4.50. The molecule has 0 saturated carbocycles.